The van der Waals surface area contributed by atoms with Crippen molar-refractivity contribution >= 4 is 21.4 Å². The van der Waals surface area contributed by atoms with Gasteiger partial charge < -0.3 is 10.5 Å². The largest absolute Gasteiger partial charge is 0.495 e. The van der Waals surface area contributed by atoms with Gasteiger partial charge in [0.25, 0.3) is 10.0 Å². The first-order chi connectivity index (χ1) is 9.42. The number of ether oxygens (including phenoxy) is 1. The van der Waals surface area contributed by atoms with Gasteiger partial charge in [-0.2, -0.15) is 0 Å². The number of rotatable bonds is 4. The van der Waals surface area contributed by atoms with E-state index in [2.05, 4.69) is 4.72 Å². The fourth-order valence-corrected chi connectivity index (χ4v) is 2.87. The van der Waals surface area contributed by atoms with Gasteiger partial charge >= 0.3 is 0 Å². The van der Waals surface area contributed by atoms with Gasteiger partial charge in [0.1, 0.15) is 16.5 Å². The zero-order valence-corrected chi connectivity index (χ0v) is 11.4. The quantitative estimate of drug-likeness (QED) is 0.848. The van der Waals surface area contributed by atoms with Crippen LogP contribution < -0.4 is 15.2 Å². The summed E-state index contributed by atoms with van der Waals surface area (Å²) in [7, 11) is -2.54. The van der Waals surface area contributed by atoms with Crippen LogP contribution >= 0.6 is 0 Å². The predicted molar refractivity (Wildman–Crippen MR) is 74.6 cm³/mol. The van der Waals surface area contributed by atoms with E-state index in [4.69, 9.17) is 10.5 Å². The standard InChI is InChI=1S/C13H13FN2O3S/c1-19-12-8-10(15)5-6-13(12)20(17,18)16-11-4-2-3-9(14)7-11/h2-8,16H,15H2,1H3. The van der Waals surface area contributed by atoms with Crippen LogP contribution in [0.4, 0.5) is 15.8 Å². The highest BCUT2D eigenvalue weighted by atomic mass is 32.2. The first-order valence-corrected chi connectivity index (χ1v) is 7.12. The van der Waals surface area contributed by atoms with Crippen molar-refractivity contribution in [3.8, 4) is 5.75 Å². The highest BCUT2D eigenvalue weighted by Gasteiger charge is 2.19. The third-order valence-corrected chi connectivity index (χ3v) is 3.97. The van der Waals surface area contributed by atoms with E-state index in [0.29, 0.717) is 5.69 Å². The summed E-state index contributed by atoms with van der Waals surface area (Å²) < 4.78 is 44.8. The molecule has 0 atom stereocenters. The fourth-order valence-electron chi connectivity index (χ4n) is 1.67. The lowest BCUT2D eigenvalue weighted by Crippen LogP contribution is -2.14. The SMILES string of the molecule is COc1cc(N)ccc1S(=O)(=O)Nc1cccc(F)c1. The van der Waals surface area contributed by atoms with Crippen molar-refractivity contribution in [2.45, 2.75) is 4.90 Å². The van der Waals surface area contributed by atoms with Gasteiger partial charge in [0, 0.05) is 11.8 Å². The second-order valence-electron chi connectivity index (χ2n) is 4.03. The number of methoxy groups -OCH3 is 1. The van der Waals surface area contributed by atoms with Crippen LogP contribution in [0.25, 0.3) is 0 Å². The van der Waals surface area contributed by atoms with E-state index in [9.17, 15) is 12.8 Å². The van der Waals surface area contributed by atoms with Crippen LogP contribution in [0.1, 0.15) is 0 Å². The second kappa shape index (κ2) is 5.38. The fraction of sp³-hybridized carbons (Fsp3) is 0.0769. The number of nitrogens with one attached hydrogen (secondary N) is 1. The molecular weight excluding hydrogens is 283 g/mol. The number of nitrogens with two attached hydrogens (primary N) is 1. The van der Waals surface area contributed by atoms with Crippen molar-refractivity contribution < 1.29 is 17.5 Å². The van der Waals surface area contributed by atoms with Gasteiger partial charge in [-0.15, -0.1) is 0 Å². The molecule has 0 saturated heterocycles. The number of nitrogen functional groups attached to an aromatic ring is 1. The first kappa shape index (κ1) is 14.1. The Balaban J connectivity index is 2.40. The molecule has 0 aromatic heterocycles. The number of benzene rings is 2. The third-order valence-electron chi connectivity index (χ3n) is 2.55. The summed E-state index contributed by atoms with van der Waals surface area (Å²) in [6, 6.07) is 9.35. The van der Waals surface area contributed by atoms with Gasteiger partial charge in [-0.3, -0.25) is 4.72 Å². The molecule has 20 heavy (non-hydrogen) atoms. The van der Waals surface area contributed by atoms with Gasteiger partial charge in [-0.05, 0) is 30.3 Å². The Kier molecular flexibility index (Phi) is 3.80. The number of hydrogen-bond donors (Lipinski definition) is 2. The normalized spacial score (nSPS) is 11.1. The van der Waals surface area contributed by atoms with Gasteiger partial charge in [0.15, 0.2) is 0 Å². The second-order valence-corrected chi connectivity index (χ2v) is 5.68. The Morgan fingerprint density at radius 3 is 2.60 bits per heavy atom. The highest BCUT2D eigenvalue weighted by molar-refractivity contribution is 7.92. The summed E-state index contributed by atoms with van der Waals surface area (Å²) in [5, 5.41) is 0. The van der Waals surface area contributed by atoms with E-state index >= 15 is 0 Å². The maximum absolute atomic E-state index is 13.1. The Morgan fingerprint density at radius 2 is 1.95 bits per heavy atom. The zero-order valence-electron chi connectivity index (χ0n) is 10.6. The molecule has 0 spiro atoms. The lowest BCUT2D eigenvalue weighted by molar-refractivity contribution is 0.403. The van der Waals surface area contributed by atoms with E-state index in [0.717, 1.165) is 6.07 Å². The van der Waals surface area contributed by atoms with Crippen molar-refractivity contribution in [2.24, 2.45) is 0 Å². The predicted octanol–water partition coefficient (Wildman–Crippen LogP) is 2.22. The molecule has 0 aliphatic carbocycles. The van der Waals surface area contributed by atoms with Crippen LogP contribution in [-0.4, -0.2) is 15.5 Å². The van der Waals surface area contributed by atoms with Crippen LogP contribution in [-0.2, 0) is 10.0 Å². The molecule has 3 N–H and O–H groups in total. The van der Waals surface area contributed by atoms with E-state index in [1.807, 2.05) is 0 Å². The van der Waals surface area contributed by atoms with Crippen molar-refractivity contribution in [1.29, 1.82) is 0 Å². The van der Waals surface area contributed by atoms with E-state index in [1.54, 1.807) is 0 Å². The van der Waals surface area contributed by atoms with Crippen LogP contribution in [0, 0.1) is 5.82 Å². The molecule has 2 rings (SSSR count). The van der Waals surface area contributed by atoms with E-state index < -0.39 is 15.8 Å². The van der Waals surface area contributed by atoms with Crippen molar-refractivity contribution in [2.75, 3.05) is 17.6 Å². The van der Waals surface area contributed by atoms with Gasteiger partial charge in [-0.1, -0.05) is 6.07 Å². The molecule has 0 aliphatic rings. The number of anilines is 2. The summed E-state index contributed by atoms with van der Waals surface area (Å²) in [5.41, 5.74) is 6.08. The number of hydrogen-bond acceptors (Lipinski definition) is 4. The molecular formula is C13H13FN2O3S. The Morgan fingerprint density at radius 1 is 1.20 bits per heavy atom. The number of halogens is 1. The van der Waals surface area contributed by atoms with Gasteiger partial charge in [0.2, 0.25) is 0 Å². The average molecular weight is 296 g/mol. The summed E-state index contributed by atoms with van der Waals surface area (Å²) in [4.78, 5) is -0.0709. The smallest absolute Gasteiger partial charge is 0.265 e. The van der Waals surface area contributed by atoms with E-state index in [-0.39, 0.29) is 16.3 Å². The molecule has 5 nitrogen and oxygen atoms in total. The Labute approximate surface area is 116 Å². The van der Waals surface area contributed by atoms with Gasteiger partial charge in [-0.25, -0.2) is 12.8 Å². The molecule has 0 aliphatic heterocycles. The van der Waals surface area contributed by atoms with Crippen molar-refractivity contribution in [3.05, 3.63) is 48.3 Å². The molecule has 0 fully saturated rings. The van der Waals surface area contributed by atoms with Crippen molar-refractivity contribution in [3.63, 3.8) is 0 Å². The van der Waals surface area contributed by atoms with Gasteiger partial charge in [0.05, 0.1) is 12.8 Å². The average Bonchev–Trinajstić information content (AvgIpc) is 2.37. The molecule has 0 unspecified atom stereocenters. The molecule has 0 heterocycles. The Hall–Kier alpha value is -2.28. The number of sulfonamides is 1. The van der Waals surface area contributed by atoms with E-state index in [1.165, 1.54) is 43.5 Å². The maximum Gasteiger partial charge on any atom is 0.265 e. The molecule has 7 heteroatoms. The summed E-state index contributed by atoms with van der Waals surface area (Å²) in [6.07, 6.45) is 0. The summed E-state index contributed by atoms with van der Waals surface area (Å²) >= 11 is 0. The van der Waals surface area contributed by atoms with Crippen LogP contribution in [0.5, 0.6) is 5.75 Å². The molecule has 106 valence electrons. The molecule has 2 aromatic carbocycles. The minimum atomic E-state index is -3.89. The maximum atomic E-state index is 13.1. The van der Waals surface area contributed by atoms with Crippen LogP contribution in [0.3, 0.4) is 0 Å². The van der Waals surface area contributed by atoms with Crippen LogP contribution in [0.15, 0.2) is 47.4 Å². The monoisotopic (exact) mass is 296 g/mol. The van der Waals surface area contributed by atoms with Crippen LogP contribution in [0.2, 0.25) is 0 Å². The zero-order chi connectivity index (χ0) is 14.8. The lowest BCUT2D eigenvalue weighted by atomic mass is 10.3. The molecule has 0 saturated carbocycles. The third kappa shape index (κ3) is 3.00. The minimum absolute atomic E-state index is 0.0709. The topological polar surface area (TPSA) is 81.4 Å². The summed E-state index contributed by atoms with van der Waals surface area (Å²) in [5.74, 6) is -0.414. The first-order valence-electron chi connectivity index (χ1n) is 5.64. The summed E-state index contributed by atoms with van der Waals surface area (Å²) in [6.45, 7) is 0. The van der Waals surface area contributed by atoms with Crippen molar-refractivity contribution in [1.82, 2.24) is 0 Å². The molecule has 0 bridgehead atoms. The molecule has 0 amide bonds. The molecule has 2 aromatic rings. The Bertz CT molecular complexity index is 732. The minimum Gasteiger partial charge on any atom is -0.495 e. The lowest BCUT2D eigenvalue weighted by Gasteiger charge is -2.12. The highest BCUT2D eigenvalue weighted by Crippen LogP contribution is 2.27. The molecule has 0 radical (unpaired) electrons.